The molecule has 1 aromatic heterocycles. The molecule has 0 amide bonds. The number of nitrogens with zero attached hydrogens (tertiary/aromatic N) is 2. The van der Waals surface area contributed by atoms with Crippen molar-refractivity contribution in [2.45, 2.75) is 26.0 Å². The van der Waals surface area contributed by atoms with Crippen LogP contribution >= 0.6 is 0 Å². The van der Waals surface area contributed by atoms with Crippen molar-refractivity contribution in [1.29, 1.82) is 0 Å². The van der Waals surface area contributed by atoms with Gasteiger partial charge < -0.3 is 14.6 Å². The minimum atomic E-state index is 0.595. The molecular formula is C20H21N3O. The molecule has 1 aliphatic heterocycles. The normalized spacial score (nSPS) is 13.6. The molecule has 122 valence electrons. The van der Waals surface area contributed by atoms with Crippen LogP contribution in [0.5, 0.6) is 5.75 Å². The zero-order valence-electron chi connectivity index (χ0n) is 13.6. The first-order chi connectivity index (χ1) is 11.9. The molecular weight excluding hydrogens is 298 g/mol. The molecule has 2 aromatic carbocycles. The van der Waals surface area contributed by atoms with Crippen LogP contribution in [0.2, 0.25) is 0 Å². The van der Waals surface area contributed by atoms with Crippen molar-refractivity contribution in [2.24, 2.45) is 0 Å². The van der Waals surface area contributed by atoms with E-state index in [-0.39, 0.29) is 0 Å². The highest BCUT2D eigenvalue weighted by molar-refractivity contribution is 5.58. The number of benzene rings is 2. The van der Waals surface area contributed by atoms with E-state index in [1.165, 1.54) is 23.2 Å². The number of hydrogen-bond donors (Lipinski definition) is 1. The molecule has 0 saturated heterocycles. The molecule has 4 nitrogen and oxygen atoms in total. The third-order valence-electron chi connectivity index (χ3n) is 4.42. The Morgan fingerprint density at radius 2 is 2.04 bits per heavy atom. The second-order valence-electron chi connectivity index (χ2n) is 6.13. The lowest BCUT2D eigenvalue weighted by molar-refractivity contribution is 0.306. The van der Waals surface area contributed by atoms with Crippen molar-refractivity contribution in [1.82, 2.24) is 9.97 Å². The van der Waals surface area contributed by atoms with Crippen LogP contribution in [-0.2, 0) is 19.6 Å². The number of H-pyrrole nitrogens is 1. The van der Waals surface area contributed by atoms with Crippen molar-refractivity contribution in [3.63, 3.8) is 0 Å². The zero-order valence-corrected chi connectivity index (χ0v) is 13.6. The standard InChI is InChI=1S/C20H21N3O/c1-2-5-16(6-3-1)15-24-18-9-8-17-7-4-12-23(19(17)13-18)14-20-21-10-11-22-20/h1-3,5-6,8-11,13H,4,7,12,14-15H2,(H,21,22). The minimum absolute atomic E-state index is 0.595. The number of ether oxygens (including phenoxy) is 1. The molecule has 24 heavy (non-hydrogen) atoms. The van der Waals surface area contributed by atoms with Crippen LogP contribution in [-0.4, -0.2) is 16.5 Å². The van der Waals surface area contributed by atoms with Crippen molar-refractivity contribution in [3.05, 3.63) is 77.9 Å². The fraction of sp³-hybridized carbons (Fsp3) is 0.250. The van der Waals surface area contributed by atoms with E-state index in [0.717, 1.165) is 31.1 Å². The van der Waals surface area contributed by atoms with Gasteiger partial charge in [0.25, 0.3) is 0 Å². The fourth-order valence-electron chi connectivity index (χ4n) is 3.19. The third-order valence-corrected chi connectivity index (χ3v) is 4.42. The lowest BCUT2D eigenvalue weighted by atomic mass is 10.0. The lowest BCUT2D eigenvalue weighted by Gasteiger charge is -2.31. The van der Waals surface area contributed by atoms with Crippen LogP contribution < -0.4 is 9.64 Å². The highest BCUT2D eigenvalue weighted by atomic mass is 16.5. The minimum Gasteiger partial charge on any atom is -0.489 e. The van der Waals surface area contributed by atoms with Crippen molar-refractivity contribution in [2.75, 3.05) is 11.4 Å². The smallest absolute Gasteiger partial charge is 0.125 e. The number of aromatic nitrogens is 2. The average molecular weight is 319 g/mol. The quantitative estimate of drug-likeness (QED) is 0.774. The number of hydrogen-bond acceptors (Lipinski definition) is 3. The highest BCUT2D eigenvalue weighted by Crippen LogP contribution is 2.32. The molecule has 1 N–H and O–H groups in total. The summed E-state index contributed by atoms with van der Waals surface area (Å²) in [4.78, 5) is 9.93. The Labute approximate surface area is 142 Å². The molecule has 0 saturated carbocycles. The first-order valence-corrected chi connectivity index (χ1v) is 8.41. The fourth-order valence-corrected chi connectivity index (χ4v) is 3.19. The summed E-state index contributed by atoms with van der Waals surface area (Å²) in [5.74, 6) is 1.92. The maximum Gasteiger partial charge on any atom is 0.125 e. The number of aryl methyl sites for hydroxylation is 1. The second-order valence-corrected chi connectivity index (χ2v) is 6.13. The van der Waals surface area contributed by atoms with Gasteiger partial charge in [-0.2, -0.15) is 0 Å². The highest BCUT2D eigenvalue weighted by Gasteiger charge is 2.18. The van der Waals surface area contributed by atoms with E-state index in [9.17, 15) is 0 Å². The summed E-state index contributed by atoms with van der Waals surface area (Å²) >= 11 is 0. The molecule has 0 bridgehead atoms. The van der Waals surface area contributed by atoms with Crippen LogP contribution in [0.3, 0.4) is 0 Å². The van der Waals surface area contributed by atoms with Gasteiger partial charge in [-0.25, -0.2) is 4.98 Å². The first kappa shape index (κ1) is 14.8. The number of nitrogens with one attached hydrogen (secondary N) is 1. The van der Waals surface area contributed by atoms with Gasteiger partial charge in [0.2, 0.25) is 0 Å². The van der Waals surface area contributed by atoms with E-state index >= 15 is 0 Å². The maximum atomic E-state index is 5.99. The molecule has 4 heteroatoms. The zero-order chi connectivity index (χ0) is 16.2. The monoisotopic (exact) mass is 319 g/mol. The van der Waals surface area contributed by atoms with Gasteiger partial charge in [-0.15, -0.1) is 0 Å². The van der Waals surface area contributed by atoms with Crippen LogP contribution in [0, 0.1) is 0 Å². The Kier molecular flexibility index (Phi) is 4.19. The number of anilines is 1. The molecule has 3 aromatic rings. The van der Waals surface area contributed by atoms with E-state index in [1.807, 2.05) is 24.4 Å². The van der Waals surface area contributed by atoms with Gasteiger partial charge in [-0.3, -0.25) is 0 Å². The Bertz CT molecular complexity index is 784. The van der Waals surface area contributed by atoms with Crippen LogP contribution in [0.15, 0.2) is 60.9 Å². The van der Waals surface area contributed by atoms with Crippen molar-refractivity contribution < 1.29 is 4.74 Å². The number of rotatable bonds is 5. The van der Waals surface area contributed by atoms with E-state index in [0.29, 0.717) is 6.61 Å². The van der Waals surface area contributed by atoms with Crippen LogP contribution in [0.4, 0.5) is 5.69 Å². The second kappa shape index (κ2) is 6.79. The average Bonchev–Trinajstić information content (AvgIpc) is 3.14. The van der Waals surface area contributed by atoms with E-state index in [2.05, 4.69) is 45.2 Å². The lowest BCUT2D eigenvalue weighted by Crippen LogP contribution is -2.29. The Morgan fingerprint density at radius 3 is 2.88 bits per heavy atom. The number of fused-ring (bicyclic) bond motifs is 1. The first-order valence-electron chi connectivity index (χ1n) is 8.41. The van der Waals surface area contributed by atoms with Gasteiger partial charge in [0.05, 0.1) is 6.54 Å². The van der Waals surface area contributed by atoms with Crippen LogP contribution in [0.25, 0.3) is 0 Å². The van der Waals surface area contributed by atoms with Gasteiger partial charge in [0, 0.05) is 30.7 Å². The summed E-state index contributed by atoms with van der Waals surface area (Å²) in [7, 11) is 0. The van der Waals surface area contributed by atoms with Gasteiger partial charge in [-0.05, 0) is 30.0 Å². The molecule has 1 aliphatic rings. The molecule has 2 heterocycles. The maximum absolute atomic E-state index is 5.99. The van der Waals surface area contributed by atoms with Gasteiger partial charge in [0.15, 0.2) is 0 Å². The number of aromatic amines is 1. The largest absolute Gasteiger partial charge is 0.489 e. The summed E-state index contributed by atoms with van der Waals surface area (Å²) in [6.45, 7) is 2.45. The molecule has 0 fully saturated rings. The van der Waals surface area contributed by atoms with Gasteiger partial charge in [-0.1, -0.05) is 36.4 Å². The van der Waals surface area contributed by atoms with Gasteiger partial charge in [0.1, 0.15) is 18.2 Å². The molecule has 4 rings (SSSR count). The summed E-state index contributed by atoms with van der Waals surface area (Å²) in [6, 6.07) is 16.7. The predicted molar refractivity (Wildman–Crippen MR) is 95.2 cm³/mol. The number of imidazole rings is 1. The van der Waals surface area contributed by atoms with Gasteiger partial charge >= 0.3 is 0 Å². The van der Waals surface area contributed by atoms with E-state index < -0.39 is 0 Å². The molecule has 0 unspecified atom stereocenters. The van der Waals surface area contributed by atoms with Crippen molar-refractivity contribution >= 4 is 5.69 Å². The van der Waals surface area contributed by atoms with Crippen molar-refractivity contribution in [3.8, 4) is 5.75 Å². The summed E-state index contributed by atoms with van der Waals surface area (Å²) in [5, 5.41) is 0. The predicted octanol–water partition coefficient (Wildman–Crippen LogP) is 3.94. The van der Waals surface area contributed by atoms with E-state index in [4.69, 9.17) is 4.74 Å². The molecule has 0 atom stereocenters. The van der Waals surface area contributed by atoms with E-state index in [1.54, 1.807) is 6.20 Å². The summed E-state index contributed by atoms with van der Waals surface area (Å²) in [6.07, 6.45) is 5.99. The Balaban J connectivity index is 1.51. The SMILES string of the molecule is c1ccc(COc2ccc3c(c2)N(Cc2ncc[nH]2)CCC3)cc1. The summed E-state index contributed by atoms with van der Waals surface area (Å²) in [5.41, 5.74) is 3.84. The third kappa shape index (κ3) is 3.27. The molecule has 0 spiro atoms. The summed E-state index contributed by atoms with van der Waals surface area (Å²) < 4.78 is 5.99. The topological polar surface area (TPSA) is 41.1 Å². The Morgan fingerprint density at radius 1 is 1.12 bits per heavy atom. The Hall–Kier alpha value is -2.75. The molecule has 0 radical (unpaired) electrons. The van der Waals surface area contributed by atoms with Crippen LogP contribution in [0.1, 0.15) is 23.4 Å². The molecule has 0 aliphatic carbocycles.